The highest BCUT2D eigenvalue weighted by Gasteiger charge is 2.18. The average molecular weight is 322 g/mol. The molecule has 0 spiro atoms. The lowest BCUT2D eigenvalue weighted by Crippen LogP contribution is -2.19. The highest BCUT2D eigenvalue weighted by Crippen LogP contribution is 2.18. The van der Waals surface area contributed by atoms with Gasteiger partial charge in [-0.25, -0.2) is 0 Å². The van der Waals surface area contributed by atoms with Crippen molar-refractivity contribution in [1.29, 1.82) is 0 Å². The van der Waals surface area contributed by atoms with Crippen LogP contribution in [0.3, 0.4) is 0 Å². The van der Waals surface area contributed by atoms with E-state index in [2.05, 4.69) is 12.0 Å². The van der Waals surface area contributed by atoms with Crippen LogP contribution in [0.1, 0.15) is 94.2 Å². The first-order valence-corrected chi connectivity index (χ1v) is 9.26. The molecule has 4 N–H and O–H groups in total. The Morgan fingerprint density at radius 1 is 0.957 bits per heavy atom. The summed E-state index contributed by atoms with van der Waals surface area (Å²) in [6, 6.07) is 0. The number of nitrogen functional groups attached to an aromatic ring is 1. The number of nitrogens with zero attached hydrogens (tertiary/aromatic N) is 2. The van der Waals surface area contributed by atoms with Gasteiger partial charge in [0.25, 0.3) is 5.91 Å². The summed E-state index contributed by atoms with van der Waals surface area (Å²) in [6.07, 6.45) is 13.6. The average Bonchev–Trinajstić information content (AvgIpc) is 2.85. The molecular weight excluding hydrogens is 288 g/mol. The predicted molar refractivity (Wildman–Crippen MR) is 96.4 cm³/mol. The van der Waals surface area contributed by atoms with E-state index in [9.17, 15) is 4.79 Å². The van der Waals surface area contributed by atoms with E-state index in [0.29, 0.717) is 11.4 Å². The molecule has 0 aliphatic rings. The molecule has 5 nitrogen and oxygen atoms in total. The maximum Gasteiger partial charge on any atom is 0.269 e. The summed E-state index contributed by atoms with van der Waals surface area (Å²) in [6.45, 7) is 4.95. The van der Waals surface area contributed by atoms with Crippen molar-refractivity contribution < 1.29 is 4.79 Å². The molecule has 1 aromatic heterocycles. The lowest BCUT2D eigenvalue weighted by molar-refractivity contribution is 0.0990. The number of anilines is 1. The van der Waals surface area contributed by atoms with Crippen LogP contribution in [0, 0.1) is 0 Å². The third-order valence-electron chi connectivity index (χ3n) is 4.36. The van der Waals surface area contributed by atoms with Crippen molar-refractivity contribution in [2.24, 2.45) is 5.73 Å². The minimum Gasteiger partial charge on any atom is -0.395 e. The molecule has 0 aromatic carbocycles. The van der Waals surface area contributed by atoms with Crippen LogP contribution in [-0.4, -0.2) is 15.7 Å². The number of amides is 1. The summed E-state index contributed by atoms with van der Waals surface area (Å²) in [5, 5.41) is 4.42. The Kier molecular flexibility index (Phi) is 9.41. The smallest absolute Gasteiger partial charge is 0.269 e. The van der Waals surface area contributed by atoms with Crippen LogP contribution in [0.5, 0.6) is 0 Å². The van der Waals surface area contributed by atoms with Gasteiger partial charge in [0.05, 0.1) is 11.4 Å². The van der Waals surface area contributed by atoms with E-state index in [-0.39, 0.29) is 0 Å². The Labute approximate surface area is 140 Å². The van der Waals surface area contributed by atoms with Gasteiger partial charge in [-0.05, 0) is 12.8 Å². The highest BCUT2D eigenvalue weighted by atomic mass is 16.1. The molecule has 0 aliphatic carbocycles. The molecule has 0 saturated carbocycles. The van der Waals surface area contributed by atoms with Gasteiger partial charge in [-0.1, -0.05) is 71.6 Å². The van der Waals surface area contributed by atoms with E-state index in [1.165, 1.54) is 51.4 Å². The van der Waals surface area contributed by atoms with E-state index < -0.39 is 5.91 Å². The first-order chi connectivity index (χ1) is 11.1. The largest absolute Gasteiger partial charge is 0.395 e. The van der Waals surface area contributed by atoms with Gasteiger partial charge in [0.2, 0.25) is 0 Å². The summed E-state index contributed by atoms with van der Waals surface area (Å²) < 4.78 is 1.70. The Bertz CT molecular complexity index is 468. The summed E-state index contributed by atoms with van der Waals surface area (Å²) >= 11 is 0. The molecule has 1 aromatic rings. The number of rotatable bonds is 13. The maximum absolute atomic E-state index is 11.5. The molecular formula is C18H34N4O. The minimum absolute atomic E-state index is 0.373. The number of aryl methyl sites for hydroxylation is 2. The molecule has 0 radical (unpaired) electrons. The minimum atomic E-state index is -0.484. The summed E-state index contributed by atoms with van der Waals surface area (Å²) in [7, 11) is 0. The summed E-state index contributed by atoms with van der Waals surface area (Å²) in [5.41, 5.74) is 13.0. The first-order valence-electron chi connectivity index (χ1n) is 9.26. The van der Waals surface area contributed by atoms with Crippen LogP contribution in [0.25, 0.3) is 0 Å². The van der Waals surface area contributed by atoms with Gasteiger partial charge < -0.3 is 11.5 Å². The van der Waals surface area contributed by atoms with Gasteiger partial charge in [0.1, 0.15) is 5.69 Å². The fraction of sp³-hybridized carbons (Fsp3) is 0.778. The maximum atomic E-state index is 11.5. The zero-order valence-corrected chi connectivity index (χ0v) is 14.9. The molecule has 23 heavy (non-hydrogen) atoms. The molecule has 0 saturated heterocycles. The van der Waals surface area contributed by atoms with E-state index in [1.54, 1.807) is 4.68 Å². The second-order valence-electron chi connectivity index (χ2n) is 6.33. The fourth-order valence-electron chi connectivity index (χ4n) is 2.96. The van der Waals surface area contributed by atoms with Crippen molar-refractivity contribution in [3.63, 3.8) is 0 Å². The van der Waals surface area contributed by atoms with Crippen molar-refractivity contribution in [2.45, 2.75) is 91.0 Å². The third-order valence-corrected chi connectivity index (χ3v) is 4.36. The van der Waals surface area contributed by atoms with Crippen molar-refractivity contribution in [1.82, 2.24) is 9.78 Å². The van der Waals surface area contributed by atoms with Crippen LogP contribution >= 0.6 is 0 Å². The zero-order valence-electron chi connectivity index (χ0n) is 14.9. The Hall–Kier alpha value is -1.52. The second kappa shape index (κ2) is 11.1. The monoisotopic (exact) mass is 322 g/mol. The van der Waals surface area contributed by atoms with Crippen molar-refractivity contribution in [2.75, 3.05) is 5.73 Å². The van der Waals surface area contributed by atoms with Crippen LogP contribution in [-0.2, 0) is 13.0 Å². The third kappa shape index (κ3) is 6.63. The van der Waals surface area contributed by atoms with E-state index in [1.807, 2.05) is 6.92 Å². The van der Waals surface area contributed by atoms with Gasteiger partial charge in [-0.2, -0.15) is 5.10 Å². The van der Waals surface area contributed by atoms with E-state index >= 15 is 0 Å². The van der Waals surface area contributed by atoms with Crippen LogP contribution in [0.2, 0.25) is 0 Å². The topological polar surface area (TPSA) is 86.9 Å². The van der Waals surface area contributed by atoms with Crippen LogP contribution < -0.4 is 11.5 Å². The zero-order chi connectivity index (χ0) is 17.1. The Balaban J connectivity index is 2.22. The molecule has 1 rings (SSSR count). The number of carbonyl (C=O) groups is 1. The number of hydrogen-bond acceptors (Lipinski definition) is 3. The van der Waals surface area contributed by atoms with Crippen molar-refractivity contribution in [3.8, 4) is 0 Å². The Morgan fingerprint density at radius 3 is 1.96 bits per heavy atom. The van der Waals surface area contributed by atoms with Crippen LogP contribution in [0.15, 0.2) is 0 Å². The summed E-state index contributed by atoms with van der Waals surface area (Å²) in [5.74, 6) is -0.484. The van der Waals surface area contributed by atoms with E-state index in [0.717, 1.165) is 31.5 Å². The normalized spacial score (nSPS) is 11.0. The van der Waals surface area contributed by atoms with Gasteiger partial charge in [0, 0.05) is 6.54 Å². The lowest BCUT2D eigenvalue weighted by Gasteiger charge is -2.05. The number of nitrogens with two attached hydrogens (primary N) is 2. The van der Waals surface area contributed by atoms with Gasteiger partial charge >= 0.3 is 0 Å². The van der Waals surface area contributed by atoms with Crippen molar-refractivity contribution in [3.05, 3.63) is 11.4 Å². The molecule has 0 bridgehead atoms. The molecule has 1 heterocycles. The molecule has 0 unspecified atom stereocenters. The molecule has 1 amide bonds. The summed E-state index contributed by atoms with van der Waals surface area (Å²) in [4.78, 5) is 11.5. The molecule has 132 valence electrons. The number of carbonyl (C=O) groups excluding carboxylic acids is 1. The molecule has 0 aliphatic heterocycles. The molecule has 0 atom stereocenters. The predicted octanol–water partition coefficient (Wildman–Crippen LogP) is 4.05. The first kappa shape index (κ1) is 19.5. The quantitative estimate of drug-likeness (QED) is 0.537. The lowest BCUT2D eigenvalue weighted by atomic mass is 10.1. The Morgan fingerprint density at radius 2 is 1.48 bits per heavy atom. The molecule has 5 heteroatoms. The van der Waals surface area contributed by atoms with Crippen molar-refractivity contribution >= 4 is 11.6 Å². The number of unbranched alkanes of at least 4 members (excludes halogenated alkanes) is 9. The number of aromatic nitrogens is 2. The van der Waals surface area contributed by atoms with E-state index in [4.69, 9.17) is 11.5 Å². The van der Waals surface area contributed by atoms with Crippen LogP contribution in [0.4, 0.5) is 5.69 Å². The van der Waals surface area contributed by atoms with Gasteiger partial charge in [-0.3, -0.25) is 9.48 Å². The van der Waals surface area contributed by atoms with Gasteiger partial charge in [-0.15, -0.1) is 0 Å². The fourth-order valence-corrected chi connectivity index (χ4v) is 2.96. The second-order valence-corrected chi connectivity index (χ2v) is 6.33. The number of hydrogen-bond donors (Lipinski definition) is 2. The standard InChI is InChI=1S/C18H34N4O/c1-3-5-6-7-8-9-10-11-12-13-14-22-17(18(20)23)16(19)15(4-2)21-22/h3-14,19H2,1-2H3,(H2,20,23). The highest BCUT2D eigenvalue weighted by molar-refractivity contribution is 5.96. The SMILES string of the molecule is CCCCCCCCCCCCn1nc(CC)c(N)c1C(N)=O. The number of primary amides is 1. The molecule has 0 fully saturated rings. The van der Waals surface area contributed by atoms with Gasteiger partial charge in [0.15, 0.2) is 0 Å².